The van der Waals surface area contributed by atoms with Crippen LogP contribution in [-0.4, -0.2) is 19.0 Å². The lowest BCUT2D eigenvalue weighted by atomic mass is 9.89. The number of hydrogen-bond acceptors (Lipinski definition) is 3. The van der Waals surface area contributed by atoms with E-state index in [1.165, 1.54) is 12.8 Å². The summed E-state index contributed by atoms with van der Waals surface area (Å²) < 4.78 is 11.7. The van der Waals surface area contributed by atoms with Crippen LogP contribution in [0, 0.1) is 0 Å². The van der Waals surface area contributed by atoms with Gasteiger partial charge in [0.05, 0.1) is 13.2 Å². The van der Waals surface area contributed by atoms with Crippen LogP contribution in [-0.2, 0) is 22.3 Å². The molecule has 3 heteroatoms. The van der Waals surface area contributed by atoms with Crippen molar-refractivity contribution in [3.63, 3.8) is 0 Å². The molecular formula is C13H16O2S. The van der Waals surface area contributed by atoms with Gasteiger partial charge in [-0.15, -0.1) is 11.3 Å². The topological polar surface area (TPSA) is 18.5 Å². The van der Waals surface area contributed by atoms with Gasteiger partial charge >= 0.3 is 0 Å². The summed E-state index contributed by atoms with van der Waals surface area (Å²) in [6.45, 7) is 1.55. The van der Waals surface area contributed by atoms with Crippen molar-refractivity contribution in [1.29, 1.82) is 0 Å². The second-order valence-electron chi connectivity index (χ2n) is 5.15. The van der Waals surface area contributed by atoms with Crippen molar-refractivity contribution in [2.75, 3.05) is 13.2 Å². The first kappa shape index (κ1) is 9.63. The van der Waals surface area contributed by atoms with Gasteiger partial charge in [-0.3, -0.25) is 0 Å². The maximum Gasteiger partial charge on any atom is 0.172 e. The minimum atomic E-state index is -0.252. The Morgan fingerprint density at radius 2 is 2.06 bits per heavy atom. The van der Waals surface area contributed by atoms with E-state index in [9.17, 15) is 0 Å². The normalized spacial score (nSPS) is 27.2. The molecule has 4 rings (SSSR count). The molecule has 1 spiro atoms. The highest BCUT2D eigenvalue weighted by Gasteiger charge is 2.42. The fraction of sp³-hybridized carbons (Fsp3) is 0.692. The van der Waals surface area contributed by atoms with Crippen molar-refractivity contribution < 1.29 is 9.47 Å². The van der Waals surface area contributed by atoms with Crippen LogP contribution in [0.5, 0.6) is 0 Å². The molecule has 2 nitrogen and oxygen atoms in total. The Morgan fingerprint density at radius 1 is 1.25 bits per heavy atom. The molecule has 16 heavy (non-hydrogen) atoms. The number of thiophene rings is 1. The van der Waals surface area contributed by atoms with Gasteiger partial charge in [0.1, 0.15) is 0 Å². The first-order valence-electron chi connectivity index (χ1n) is 6.23. The molecule has 1 aromatic rings. The minimum absolute atomic E-state index is 0.252. The minimum Gasteiger partial charge on any atom is -0.347 e. The summed E-state index contributed by atoms with van der Waals surface area (Å²) in [5.74, 6) is 0.606. The van der Waals surface area contributed by atoms with E-state index in [0.717, 1.165) is 38.4 Å². The maximum absolute atomic E-state index is 5.85. The molecule has 1 aliphatic heterocycles. The molecular weight excluding hydrogens is 220 g/mol. The second-order valence-corrected chi connectivity index (χ2v) is 6.12. The van der Waals surface area contributed by atoms with Crippen LogP contribution in [0.3, 0.4) is 0 Å². The molecule has 1 aromatic heterocycles. The van der Waals surface area contributed by atoms with Crippen molar-refractivity contribution >= 4 is 11.3 Å². The number of fused-ring (bicyclic) bond motifs is 1. The van der Waals surface area contributed by atoms with Crippen LogP contribution < -0.4 is 0 Å². The Kier molecular flexibility index (Phi) is 1.99. The summed E-state index contributed by atoms with van der Waals surface area (Å²) in [7, 11) is 0. The molecule has 0 aromatic carbocycles. The first-order valence-corrected chi connectivity index (χ1v) is 7.11. The van der Waals surface area contributed by atoms with Crippen LogP contribution >= 0.6 is 11.3 Å². The lowest BCUT2D eigenvalue weighted by molar-refractivity contribution is -0.163. The van der Waals surface area contributed by atoms with Gasteiger partial charge in [-0.1, -0.05) is 0 Å². The molecule has 0 radical (unpaired) electrons. The number of ether oxygens (including phenoxy) is 2. The molecule has 86 valence electrons. The van der Waals surface area contributed by atoms with Crippen LogP contribution in [0.4, 0.5) is 0 Å². The van der Waals surface area contributed by atoms with Gasteiger partial charge in [0.2, 0.25) is 0 Å². The first-order chi connectivity index (χ1) is 7.86. The van der Waals surface area contributed by atoms with Gasteiger partial charge in [-0.05, 0) is 41.7 Å². The van der Waals surface area contributed by atoms with Gasteiger partial charge in [0.25, 0.3) is 0 Å². The SMILES string of the molecule is c1sc2c(c1C1CC1)CC1(CC2)OCCO1. The zero-order chi connectivity index (χ0) is 10.6. The molecule has 0 atom stereocenters. The zero-order valence-electron chi connectivity index (χ0n) is 9.33. The van der Waals surface area contributed by atoms with E-state index in [0.29, 0.717) is 0 Å². The Morgan fingerprint density at radius 3 is 2.81 bits per heavy atom. The van der Waals surface area contributed by atoms with E-state index in [-0.39, 0.29) is 5.79 Å². The van der Waals surface area contributed by atoms with Gasteiger partial charge < -0.3 is 9.47 Å². The van der Waals surface area contributed by atoms with E-state index in [1.807, 2.05) is 11.3 Å². The van der Waals surface area contributed by atoms with Gasteiger partial charge in [0, 0.05) is 17.7 Å². The van der Waals surface area contributed by atoms with E-state index in [1.54, 1.807) is 16.0 Å². The van der Waals surface area contributed by atoms with Crippen LogP contribution in [0.1, 0.15) is 41.2 Å². The average molecular weight is 236 g/mol. The molecule has 2 fully saturated rings. The van der Waals surface area contributed by atoms with E-state index in [4.69, 9.17) is 9.47 Å². The summed E-state index contributed by atoms with van der Waals surface area (Å²) in [4.78, 5) is 1.59. The highest BCUT2D eigenvalue weighted by molar-refractivity contribution is 7.10. The standard InChI is InChI=1S/C13H16O2S/c1-2-9(1)11-8-16-12-3-4-13(7-10(11)12)14-5-6-15-13/h8-9H,1-7H2. The van der Waals surface area contributed by atoms with Crippen molar-refractivity contribution in [3.05, 3.63) is 21.4 Å². The summed E-state index contributed by atoms with van der Waals surface area (Å²) in [5.41, 5.74) is 3.18. The highest BCUT2D eigenvalue weighted by Crippen LogP contribution is 2.48. The summed E-state index contributed by atoms with van der Waals surface area (Å²) in [5, 5.41) is 2.39. The predicted molar refractivity (Wildman–Crippen MR) is 63.0 cm³/mol. The lowest BCUT2D eigenvalue weighted by Gasteiger charge is -2.32. The van der Waals surface area contributed by atoms with E-state index >= 15 is 0 Å². The fourth-order valence-corrected chi connectivity index (χ4v) is 4.15. The van der Waals surface area contributed by atoms with Crippen LogP contribution in [0.25, 0.3) is 0 Å². The second kappa shape index (κ2) is 3.31. The average Bonchev–Trinajstić information content (AvgIpc) is 2.91. The van der Waals surface area contributed by atoms with Crippen LogP contribution in [0.2, 0.25) is 0 Å². The smallest absolute Gasteiger partial charge is 0.172 e. The van der Waals surface area contributed by atoms with Gasteiger partial charge in [0.15, 0.2) is 5.79 Å². The molecule has 2 heterocycles. The third-order valence-corrected chi connectivity index (χ3v) is 5.13. The lowest BCUT2D eigenvalue weighted by Crippen LogP contribution is -2.36. The summed E-state index contributed by atoms with van der Waals surface area (Å²) >= 11 is 1.95. The Hall–Kier alpha value is -0.380. The highest BCUT2D eigenvalue weighted by atomic mass is 32.1. The Bertz CT molecular complexity index is 414. The monoisotopic (exact) mass is 236 g/mol. The maximum atomic E-state index is 5.85. The Labute approximate surface area is 99.6 Å². The molecule has 0 bridgehead atoms. The largest absolute Gasteiger partial charge is 0.347 e. The summed E-state index contributed by atoms with van der Waals surface area (Å²) in [6, 6.07) is 0. The quantitative estimate of drug-likeness (QED) is 0.746. The zero-order valence-corrected chi connectivity index (χ0v) is 10.1. The third-order valence-electron chi connectivity index (χ3n) is 4.02. The number of rotatable bonds is 1. The molecule has 2 aliphatic carbocycles. The van der Waals surface area contributed by atoms with Crippen LogP contribution in [0.15, 0.2) is 5.38 Å². The Balaban J connectivity index is 1.70. The number of hydrogen-bond donors (Lipinski definition) is 0. The van der Waals surface area contributed by atoms with Crippen molar-refractivity contribution in [2.45, 2.75) is 43.8 Å². The van der Waals surface area contributed by atoms with Crippen molar-refractivity contribution in [1.82, 2.24) is 0 Å². The van der Waals surface area contributed by atoms with E-state index in [2.05, 4.69) is 5.38 Å². The molecule has 3 aliphatic rings. The van der Waals surface area contributed by atoms with Crippen molar-refractivity contribution in [2.24, 2.45) is 0 Å². The predicted octanol–water partition coefficient (Wildman–Crippen LogP) is 2.86. The molecule has 0 unspecified atom stereocenters. The molecule has 1 saturated carbocycles. The molecule has 0 N–H and O–H groups in total. The fourth-order valence-electron chi connectivity index (χ4n) is 2.99. The summed E-state index contributed by atoms with van der Waals surface area (Å²) in [6.07, 6.45) is 5.96. The van der Waals surface area contributed by atoms with Crippen molar-refractivity contribution in [3.8, 4) is 0 Å². The van der Waals surface area contributed by atoms with Gasteiger partial charge in [-0.2, -0.15) is 0 Å². The third kappa shape index (κ3) is 1.38. The molecule has 1 saturated heterocycles. The molecule has 0 amide bonds. The van der Waals surface area contributed by atoms with E-state index < -0.39 is 0 Å². The van der Waals surface area contributed by atoms with Gasteiger partial charge in [-0.25, -0.2) is 0 Å². The number of aryl methyl sites for hydroxylation is 1.